The Hall–Kier alpha value is -2.44. The fourth-order valence-corrected chi connectivity index (χ4v) is 1.69. The Morgan fingerprint density at radius 3 is 2.53 bits per heavy atom. The maximum absolute atomic E-state index is 12.7. The van der Waals surface area contributed by atoms with Gasteiger partial charge >= 0.3 is 6.03 Å². The number of hydrogen-bond acceptors (Lipinski definition) is 3. The van der Waals surface area contributed by atoms with Gasteiger partial charge in [-0.3, -0.25) is 14.9 Å². The average Bonchev–Trinajstić information content (AvgIpc) is 2.68. The number of rotatable bonds is 4. The van der Waals surface area contributed by atoms with Gasteiger partial charge in [0.1, 0.15) is 11.9 Å². The maximum atomic E-state index is 12.7. The fourth-order valence-electron chi connectivity index (χ4n) is 1.69. The summed E-state index contributed by atoms with van der Waals surface area (Å²) < 4.78 is 12.7. The molecule has 0 bridgehead atoms. The van der Waals surface area contributed by atoms with E-state index in [0.29, 0.717) is 5.69 Å². The lowest BCUT2D eigenvalue weighted by molar-refractivity contribution is -0.120. The van der Waals surface area contributed by atoms with E-state index in [9.17, 15) is 18.8 Å². The van der Waals surface area contributed by atoms with Crippen LogP contribution in [-0.2, 0) is 9.59 Å². The Labute approximate surface area is 108 Å². The van der Waals surface area contributed by atoms with Gasteiger partial charge in [-0.2, -0.15) is 0 Å². The topological polar surface area (TPSA) is 87.3 Å². The lowest BCUT2D eigenvalue weighted by Crippen LogP contribution is -2.30. The van der Waals surface area contributed by atoms with Gasteiger partial charge in [-0.05, 0) is 30.7 Å². The minimum Gasteiger partial charge on any atom is -0.326 e. The smallest absolute Gasteiger partial charge is 0.322 e. The van der Waals surface area contributed by atoms with Crippen molar-refractivity contribution in [1.82, 2.24) is 10.6 Å². The van der Waals surface area contributed by atoms with Crippen LogP contribution in [-0.4, -0.2) is 23.9 Å². The predicted octanol–water partition coefficient (Wildman–Crippen LogP) is 0.752. The van der Waals surface area contributed by atoms with Crippen LogP contribution >= 0.6 is 0 Å². The lowest BCUT2D eigenvalue weighted by atomic mass is 10.1. The van der Waals surface area contributed by atoms with Crippen molar-refractivity contribution in [2.75, 3.05) is 5.32 Å². The molecule has 1 aliphatic heterocycles. The number of anilines is 1. The zero-order chi connectivity index (χ0) is 13.8. The van der Waals surface area contributed by atoms with E-state index in [4.69, 9.17) is 0 Å². The molecule has 0 aliphatic carbocycles. The van der Waals surface area contributed by atoms with Crippen LogP contribution in [0.1, 0.15) is 12.8 Å². The van der Waals surface area contributed by atoms with Gasteiger partial charge in [0.15, 0.2) is 0 Å². The Kier molecular flexibility index (Phi) is 3.74. The molecule has 6 nitrogen and oxygen atoms in total. The van der Waals surface area contributed by atoms with Crippen LogP contribution in [0.3, 0.4) is 0 Å². The van der Waals surface area contributed by atoms with Crippen molar-refractivity contribution >= 4 is 23.5 Å². The zero-order valence-electron chi connectivity index (χ0n) is 9.90. The lowest BCUT2D eigenvalue weighted by Gasteiger charge is -2.07. The van der Waals surface area contributed by atoms with E-state index < -0.39 is 18.0 Å². The minimum atomic E-state index is -0.675. The van der Waals surface area contributed by atoms with E-state index in [-0.39, 0.29) is 24.6 Å². The first-order chi connectivity index (χ1) is 9.04. The Morgan fingerprint density at radius 2 is 1.95 bits per heavy atom. The molecular weight excluding hydrogens is 253 g/mol. The summed E-state index contributed by atoms with van der Waals surface area (Å²) in [5.74, 6) is -1.12. The maximum Gasteiger partial charge on any atom is 0.322 e. The molecule has 2 rings (SSSR count). The van der Waals surface area contributed by atoms with E-state index >= 15 is 0 Å². The number of nitrogens with one attached hydrogen (secondary N) is 3. The van der Waals surface area contributed by atoms with Gasteiger partial charge in [0.05, 0.1) is 0 Å². The molecule has 1 saturated heterocycles. The van der Waals surface area contributed by atoms with E-state index in [2.05, 4.69) is 16.0 Å². The normalized spacial score (nSPS) is 17.8. The summed E-state index contributed by atoms with van der Waals surface area (Å²) in [5.41, 5.74) is 0.478. The molecule has 0 spiro atoms. The molecule has 1 atom stereocenters. The number of imide groups is 1. The van der Waals surface area contributed by atoms with Crippen LogP contribution in [0.15, 0.2) is 24.3 Å². The molecule has 4 amide bonds. The van der Waals surface area contributed by atoms with Crippen molar-refractivity contribution in [2.45, 2.75) is 18.9 Å². The number of urea groups is 1. The van der Waals surface area contributed by atoms with Gasteiger partial charge in [-0.1, -0.05) is 0 Å². The quantitative estimate of drug-likeness (QED) is 0.702. The molecule has 1 fully saturated rings. The molecule has 100 valence electrons. The number of carbonyl (C=O) groups is 3. The second-order valence-corrected chi connectivity index (χ2v) is 4.11. The van der Waals surface area contributed by atoms with Gasteiger partial charge in [-0.25, -0.2) is 9.18 Å². The number of benzene rings is 1. The highest BCUT2D eigenvalue weighted by molar-refractivity contribution is 6.04. The highest BCUT2D eigenvalue weighted by atomic mass is 19.1. The molecular formula is C12H12FN3O3. The molecule has 3 N–H and O–H groups in total. The van der Waals surface area contributed by atoms with Crippen molar-refractivity contribution < 1.29 is 18.8 Å². The van der Waals surface area contributed by atoms with Gasteiger partial charge in [0, 0.05) is 12.1 Å². The standard InChI is InChI=1S/C12H12FN3O3/c13-7-1-3-8(4-2-7)14-10(17)6-5-9-11(18)16-12(19)15-9/h1-4,9H,5-6H2,(H,14,17)(H2,15,16,18,19). The average molecular weight is 265 g/mol. The van der Waals surface area contributed by atoms with Crippen molar-refractivity contribution in [2.24, 2.45) is 0 Å². The Morgan fingerprint density at radius 1 is 1.26 bits per heavy atom. The summed E-state index contributed by atoms with van der Waals surface area (Å²) in [4.78, 5) is 33.7. The summed E-state index contributed by atoms with van der Waals surface area (Å²) in [6.07, 6.45) is 0.292. The van der Waals surface area contributed by atoms with Crippen molar-refractivity contribution in [3.05, 3.63) is 30.1 Å². The van der Waals surface area contributed by atoms with E-state index in [1.54, 1.807) is 0 Å². The SMILES string of the molecule is O=C(CCC1NC(=O)NC1=O)Nc1ccc(F)cc1. The third kappa shape index (κ3) is 3.51. The van der Waals surface area contributed by atoms with Crippen LogP contribution in [0.4, 0.5) is 14.9 Å². The number of hydrogen-bond donors (Lipinski definition) is 3. The van der Waals surface area contributed by atoms with E-state index in [1.165, 1.54) is 24.3 Å². The first-order valence-electron chi connectivity index (χ1n) is 5.71. The molecule has 1 unspecified atom stereocenters. The third-order valence-corrected chi connectivity index (χ3v) is 2.65. The molecule has 7 heteroatoms. The first kappa shape index (κ1) is 13.0. The highest BCUT2D eigenvalue weighted by Gasteiger charge is 2.29. The van der Waals surface area contributed by atoms with E-state index in [0.717, 1.165) is 0 Å². The van der Waals surface area contributed by atoms with E-state index in [1.807, 2.05) is 0 Å². The minimum absolute atomic E-state index is 0.0791. The molecule has 1 aliphatic rings. The Bertz CT molecular complexity index is 515. The van der Waals surface area contributed by atoms with Gasteiger partial charge in [0.2, 0.25) is 5.91 Å². The van der Waals surface area contributed by atoms with Gasteiger partial charge in [0.25, 0.3) is 5.91 Å². The fraction of sp³-hybridized carbons (Fsp3) is 0.250. The van der Waals surface area contributed by atoms with Gasteiger partial charge < -0.3 is 10.6 Å². The molecule has 0 radical (unpaired) electrons. The largest absolute Gasteiger partial charge is 0.326 e. The van der Waals surface area contributed by atoms with Gasteiger partial charge in [-0.15, -0.1) is 0 Å². The number of halogens is 1. The first-order valence-corrected chi connectivity index (χ1v) is 5.71. The van der Waals surface area contributed by atoms with Crippen LogP contribution in [0, 0.1) is 5.82 Å². The molecule has 0 saturated carbocycles. The van der Waals surface area contributed by atoms with Crippen LogP contribution < -0.4 is 16.0 Å². The summed E-state index contributed by atoms with van der Waals surface area (Å²) in [6, 6.07) is 4.13. The Balaban J connectivity index is 1.80. The van der Waals surface area contributed by atoms with Crippen molar-refractivity contribution in [1.29, 1.82) is 0 Å². The molecule has 1 aromatic carbocycles. The summed E-state index contributed by atoms with van der Waals surface area (Å²) >= 11 is 0. The van der Waals surface area contributed by atoms with Crippen LogP contribution in [0.5, 0.6) is 0 Å². The second-order valence-electron chi connectivity index (χ2n) is 4.11. The summed E-state index contributed by atoms with van der Waals surface area (Å²) in [7, 11) is 0. The number of amides is 4. The van der Waals surface area contributed by atoms with Crippen molar-refractivity contribution in [3.63, 3.8) is 0 Å². The summed E-state index contributed by atoms with van der Waals surface area (Å²) in [5, 5.41) is 7.05. The third-order valence-electron chi connectivity index (χ3n) is 2.65. The summed E-state index contributed by atoms with van der Waals surface area (Å²) in [6.45, 7) is 0. The molecule has 0 aromatic heterocycles. The number of carbonyl (C=O) groups excluding carboxylic acids is 3. The highest BCUT2D eigenvalue weighted by Crippen LogP contribution is 2.10. The van der Waals surface area contributed by atoms with Crippen LogP contribution in [0.2, 0.25) is 0 Å². The monoisotopic (exact) mass is 265 g/mol. The second kappa shape index (κ2) is 5.47. The van der Waals surface area contributed by atoms with Crippen LogP contribution in [0.25, 0.3) is 0 Å². The zero-order valence-corrected chi connectivity index (χ0v) is 9.90. The molecule has 1 heterocycles. The molecule has 19 heavy (non-hydrogen) atoms. The molecule has 1 aromatic rings. The predicted molar refractivity (Wildman–Crippen MR) is 64.7 cm³/mol. The van der Waals surface area contributed by atoms with Crippen molar-refractivity contribution in [3.8, 4) is 0 Å².